The topological polar surface area (TPSA) is 80.0 Å². The maximum Gasteiger partial charge on any atom is 0.265 e. The summed E-state index contributed by atoms with van der Waals surface area (Å²) in [5.74, 6) is 1.13. The fourth-order valence-electron chi connectivity index (χ4n) is 3.79. The van der Waals surface area contributed by atoms with Crippen LogP contribution >= 0.6 is 11.6 Å². The second kappa shape index (κ2) is 8.71. The lowest BCUT2D eigenvalue weighted by Gasteiger charge is -2.16. The highest BCUT2D eigenvalue weighted by molar-refractivity contribution is 6.30. The molecule has 166 valence electrons. The van der Waals surface area contributed by atoms with Crippen LogP contribution in [0.25, 0.3) is 27.7 Å². The molecule has 0 atom stereocenters. The van der Waals surface area contributed by atoms with Gasteiger partial charge in [-0.2, -0.15) is 0 Å². The van der Waals surface area contributed by atoms with Crippen molar-refractivity contribution in [2.45, 2.75) is 12.8 Å². The molecule has 33 heavy (non-hydrogen) atoms. The largest absolute Gasteiger partial charge is 0.477 e. The van der Waals surface area contributed by atoms with E-state index in [1.165, 1.54) is 12.8 Å². The van der Waals surface area contributed by atoms with E-state index in [0.29, 0.717) is 51.5 Å². The number of pyridine rings is 2. The number of halogens is 1. The maximum absolute atomic E-state index is 13.8. The third kappa shape index (κ3) is 4.34. The summed E-state index contributed by atoms with van der Waals surface area (Å²) in [5, 5.41) is 12.5. The Morgan fingerprint density at radius 2 is 2.00 bits per heavy atom. The quantitative estimate of drug-likeness (QED) is 0.542. The van der Waals surface area contributed by atoms with Crippen molar-refractivity contribution in [1.29, 1.82) is 5.41 Å². The summed E-state index contributed by atoms with van der Waals surface area (Å²) in [6, 6.07) is 11.0. The molecule has 7 heteroatoms. The Balaban J connectivity index is 1.70. The van der Waals surface area contributed by atoms with Crippen LogP contribution in [-0.2, 0) is 0 Å². The second-order valence-electron chi connectivity index (χ2n) is 8.23. The first kappa shape index (κ1) is 21.2. The van der Waals surface area contributed by atoms with Crippen molar-refractivity contribution in [3.63, 3.8) is 0 Å². The number of nitrogens with zero attached hydrogens (tertiary/aromatic N) is 2. The minimum Gasteiger partial charge on any atom is -0.477 e. The normalized spacial score (nSPS) is 16.8. The molecule has 2 N–H and O–H groups in total. The summed E-state index contributed by atoms with van der Waals surface area (Å²) in [7, 11) is 1.78. The number of benzene rings is 1. The van der Waals surface area contributed by atoms with E-state index in [0.717, 1.165) is 10.9 Å². The molecule has 1 saturated carbocycles. The molecular weight excluding hydrogens is 436 g/mol. The molecule has 0 saturated heterocycles. The summed E-state index contributed by atoms with van der Waals surface area (Å²) in [5.41, 5.74) is 3.33. The fraction of sp³-hybridized carbons (Fsp3) is 0.192. The number of hydrogen-bond donors (Lipinski definition) is 2. The predicted octanol–water partition coefficient (Wildman–Crippen LogP) is 5.04. The minimum absolute atomic E-state index is 0.204. The number of rotatable bonds is 6. The molecule has 2 aliphatic carbocycles. The van der Waals surface area contributed by atoms with Gasteiger partial charge in [-0.1, -0.05) is 23.7 Å². The molecule has 1 fully saturated rings. The summed E-state index contributed by atoms with van der Waals surface area (Å²) in [4.78, 5) is 18.5. The SMILES string of the molecule is CN/C=C1/C=C(n2cc3ccc(OCC4CC4)nc3c(-c3ccc(Cl)cc3)c2=O)C=CC1=N. The lowest BCUT2D eigenvalue weighted by Crippen LogP contribution is -2.22. The molecule has 6 nitrogen and oxygen atoms in total. The van der Waals surface area contributed by atoms with Crippen LogP contribution in [0, 0.1) is 11.3 Å². The Bertz CT molecular complexity index is 1400. The van der Waals surface area contributed by atoms with E-state index in [9.17, 15) is 4.79 Å². The number of ether oxygens (including phenoxy) is 1. The van der Waals surface area contributed by atoms with Crippen LogP contribution in [-0.4, -0.2) is 28.9 Å². The van der Waals surface area contributed by atoms with Crippen molar-refractivity contribution >= 4 is 33.9 Å². The van der Waals surface area contributed by atoms with Crippen molar-refractivity contribution in [1.82, 2.24) is 14.9 Å². The Hall–Kier alpha value is -3.64. The summed E-state index contributed by atoms with van der Waals surface area (Å²) < 4.78 is 7.49. The van der Waals surface area contributed by atoms with Gasteiger partial charge in [0.2, 0.25) is 5.88 Å². The van der Waals surface area contributed by atoms with E-state index in [2.05, 4.69) is 5.32 Å². The second-order valence-corrected chi connectivity index (χ2v) is 8.67. The van der Waals surface area contributed by atoms with Crippen molar-refractivity contribution < 1.29 is 4.74 Å². The molecule has 0 radical (unpaired) electrons. The molecule has 5 rings (SSSR count). The molecule has 0 bridgehead atoms. The maximum atomic E-state index is 13.8. The van der Waals surface area contributed by atoms with Crippen LogP contribution in [0.5, 0.6) is 5.88 Å². The van der Waals surface area contributed by atoms with E-state index in [1.54, 1.807) is 48.3 Å². The highest BCUT2D eigenvalue weighted by Gasteiger charge is 2.23. The van der Waals surface area contributed by atoms with Crippen LogP contribution in [0.4, 0.5) is 0 Å². The zero-order valence-electron chi connectivity index (χ0n) is 18.1. The highest BCUT2D eigenvalue weighted by Crippen LogP contribution is 2.31. The molecule has 0 amide bonds. The van der Waals surface area contributed by atoms with Gasteiger partial charge in [0.15, 0.2) is 0 Å². The molecule has 2 heterocycles. The van der Waals surface area contributed by atoms with E-state index in [-0.39, 0.29) is 5.56 Å². The van der Waals surface area contributed by atoms with Crippen LogP contribution in [0.3, 0.4) is 0 Å². The van der Waals surface area contributed by atoms with Crippen molar-refractivity contribution in [2.75, 3.05) is 13.7 Å². The molecule has 1 aromatic carbocycles. The summed E-state index contributed by atoms with van der Waals surface area (Å²) in [6.07, 6.45) is 11.2. The zero-order chi connectivity index (χ0) is 22.9. The third-order valence-corrected chi connectivity index (χ3v) is 6.00. The predicted molar refractivity (Wildman–Crippen MR) is 133 cm³/mol. The average molecular weight is 459 g/mol. The smallest absolute Gasteiger partial charge is 0.265 e. The van der Waals surface area contributed by atoms with Crippen molar-refractivity contribution in [3.8, 4) is 17.0 Å². The van der Waals surface area contributed by atoms with Crippen LogP contribution in [0.1, 0.15) is 12.8 Å². The average Bonchev–Trinajstić information content (AvgIpc) is 3.64. The molecule has 3 aromatic rings. The molecule has 0 unspecified atom stereocenters. The van der Waals surface area contributed by atoms with Gasteiger partial charge >= 0.3 is 0 Å². The van der Waals surface area contributed by atoms with Crippen LogP contribution < -0.4 is 15.6 Å². The van der Waals surface area contributed by atoms with Gasteiger partial charge < -0.3 is 15.5 Å². The van der Waals surface area contributed by atoms with Gasteiger partial charge in [0.1, 0.15) is 0 Å². The van der Waals surface area contributed by atoms with Gasteiger partial charge in [0, 0.05) is 47.2 Å². The van der Waals surface area contributed by atoms with E-state index in [1.807, 2.05) is 30.3 Å². The van der Waals surface area contributed by atoms with Gasteiger partial charge in [-0.25, -0.2) is 4.98 Å². The number of allylic oxidation sites excluding steroid dienone is 5. The summed E-state index contributed by atoms with van der Waals surface area (Å²) >= 11 is 6.10. The first-order valence-electron chi connectivity index (χ1n) is 10.8. The van der Waals surface area contributed by atoms with Gasteiger partial charge in [-0.05, 0) is 60.8 Å². The minimum atomic E-state index is -0.204. The number of hydrogen-bond acceptors (Lipinski definition) is 5. The fourth-order valence-corrected chi connectivity index (χ4v) is 3.91. The van der Waals surface area contributed by atoms with E-state index < -0.39 is 0 Å². The molecule has 2 aliphatic rings. The van der Waals surface area contributed by atoms with Crippen LogP contribution in [0.15, 0.2) is 77.4 Å². The lowest BCUT2D eigenvalue weighted by molar-refractivity contribution is 0.289. The van der Waals surface area contributed by atoms with Crippen molar-refractivity contribution in [3.05, 3.63) is 88.0 Å². The Labute approximate surface area is 196 Å². The van der Waals surface area contributed by atoms with Crippen LogP contribution in [0.2, 0.25) is 5.02 Å². The number of nitrogens with one attached hydrogen (secondary N) is 2. The molecule has 0 spiro atoms. The van der Waals surface area contributed by atoms with E-state index in [4.69, 9.17) is 26.7 Å². The van der Waals surface area contributed by atoms with Gasteiger partial charge in [0.25, 0.3) is 5.56 Å². The third-order valence-electron chi connectivity index (χ3n) is 5.75. The van der Waals surface area contributed by atoms with Gasteiger partial charge in [0.05, 0.1) is 23.4 Å². The number of fused-ring (bicyclic) bond motifs is 1. The standard InChI is InChI=1S/C26H23ClN4O2/c1-29-13-19-12-21(9-10-22(19)28)31-14-18-6-11-23(33-15-16-2-3-16)30-25(18)24(26(31)32)17-4-7-20(27)8-5-17/h4-14,16,28-29H,2-3,15H2,1H3/b19-13-,28-22?. The van der Waals surface area contributed by atoms with E-state index >= 15 is 0 Å². The van der Waals surface area contributed by atoms with Crippen molar-refractivity contribution in [2.24, 2.45) is 5.92 Å². The molecule has 0 aliphatic heterocycles. The number of aromatic nitrogens is 2. The summed E-state index contributed by atoms with van der Waals surface area (Å²) in [6.45, 7) is 0.649. The Kier molecular flexibility index (Phi) is 5.60. The first-order chi connectivity index (χ1) is 16.0. The lowest BCUT2D eigenvalue weighted by atomic mass is 10.0. The Morgan fingerprint density at radius 1 is 1.21 bits per heavy atom. The first-order valence-corrected chi connectivity index (χ1v) is 11.2. The highest BCUT2D eigenvalue weighted by atomic mass is 35.5. The monoisotopic (exact) mass is 458 g/mol. The zero-order valence-corrected chi connectivity index (χ0v) is 18.9. The molecular formula is C26H23ClN4O2. The van der Waals surface area contributed by atoms with Gasteiger partial charge in [-0.3, -0.25) is 9.36 Å². The van der Waals surface area contributed by atoms with Gasteiger partial charge in [-0.15, -0.1) is 0 Å². The Morgan fingerprint density at radius 3 is 2.73 bits per heavy atom. The molecule has 2 aromatic heterocycles.